The van der Waals surface area contributed by atoms with E-state index < -0.39 is 5.97 Å². The Labute approximate surface area is 160 Å². The second-order valence-electron chi connectivity index (χ2n) is 5.61. The van der Waals surface area contributed by atoms with E-state index in [0.717, 1.165) is 5.69 Å². The Morgan fingerprint density at radius 2 is 2.04 bits per heavy atom. The molecule has 3 aromatic rings. The number of hydrogen-bond acceptors (Lipinski definition) is 9. The fourth-order valence-electron chi connectivity index (χ4n) is 2.40. The SMILES string of the molecule is COC(=O)c1cc(/C=C(\C#N)c2nc(N)nc(Nc3ccccc3)n2)oc1C. The van der Waals surface area contributed by atoms with Gasteiger partial charge in [0.05, 0.1) is 7.11 Å². The van der Waals surface area contributed by atoms with E-state index in [1.165, 1.54) is 19.3 Å². The molecule has 0 aliphatic heterocycles. The summed E-state index contributed by atoms with van der Waals surface area (Å²) in [5, 5.41) is 12.5. The van der Waals surface area contributed by atoms with Crippen LogP contribution in [0.25, 0.3) is 11.6 Å². The van der Waals surface area contributed by atoms with Gasteiger partial charge in [-0.05, 0) is 25.1 Å². The van der Waals surface area contributed by atoms with Crippen LogP contribution in [0.1, 0.15) is 27.7 Å². The van der Waals surface area contributed by atoms with Crippen molar-refractivity contribution in [3.05, 3.63) is 59.3 Å². The molecule has 0 saturated heterocycles. The number of nitrogens with one attached hydrogen (secondary N) is 1. The van der Waals surface area contributed by atoms with Gasteiger partial charge >= 0.3 is 5.97 Å². The topological polar surface area (TPSA) is 140 Å². The summed E-state index contributed by atoms with van der Waals surface area (Å²) in [6.07, 6.45) is 1.42. The minimum absolute atomic E-state index is 0.0459. The molecule has 0 amide bonds. The fourth-order valence-corrected chi connectivity index (χ4v) is 2.40. The third-order valence-electron chi connectivity index (χ3n) is 3.67. The standard InChI is InChI=1S/C19H16N6O3/c1-11-15(17(26)27-2)9-14(28-11)8-12(10-20)16-23-18(21)25-19(24-16)22-13-6-4-3-5-7-13/h3-9H,1-2H3,(H3,21,22,23,24,25)/b12-8+. The molecule has 0 aliphatic carbocycles. The van der Waals surface area contributed by atoms with Gasteiger partial charge in [-0.15, -0.1) is 0 Å². The Morgan fingerprint density at radius 1 is 1.29 bits per heavy atom. The second-order valence-corrected chi connectivity index (χ2v) is 5.61. The number of carbonyl (C=O) groups excluding carboxylic acids is 1. The second kappa shape index (κ2) is 8.01. The molecule has 3 N–H and O–H groups in total. The average molecular weight is 376 g/mol. The molecule has 0 unspecified atom stereocenters. The number of carbonyl (C=O) groups is 1. The Morgan fingerprint density at radius 3 is 2.71 bits per heavy atom. The molecule has 2 heterocycles. The zero-order valence-electron chi connectivity index (χ0n) is 15.1. The van der Waals surface area contributed by atoms with Crippen molar-refractivity contribution in [1.82, 2.24) is 15.0 Å². The number of nitrogens with two attached hydrogens (primary N) is 1. The average Bonchev–Trinajstić information content (AvgIpc) is 3.06. The molecule has 0 aliphatic rings. The number of ether oxygens (including phenoxy) is 1. The lowest BCUT2D eigenvalue weighted by Crippen LogP contribution is -2.06. The molecule has 9 nitrogen and oxygen atoms in total. The van der Waals surface area contributed by atoms with Gasteiger partial charge in [-0.2, -0.15) is 20.2 Å². The fraction of sp³-hybridized carbons (Fsp3) is 0.105. The Hall–Kier alpha value is -4.19. The van der Waals surface area contributed by atoms with E-state index in [9.17, 15) is 10.1 Å². The van der Waals surface area contributed by atoms with E-state index in [1.807, 2.05) is 36.4 Å². The van der Waals surface area contributed by atoms with Crippen LogP contribution in [0.3, 0.4) is 0 Å². The molecular weight excluding hydrogens is 360 g/mol. The van der Waals surface area contributed by atoms with Crippen molar-refractivity contribution >= 4 is 35.2 Å². The van der Waals surface area contributed by atoms with Crippen molar-refractivity contribution in [2.75, 3.05) is 18.2 Å². The number of nitrogens with zero attached hydrogens (tertiary/aromatic N) is 4. The van der Waals surface area contributed by atoms with Crippen LogP contribution in [0, 0.1) is 18.3 Å². The van der Waals surface area contributed by atoms with E-state index in [0.29, 0.717) is 5.76 Å². The van der Waals surface area contributed by atoms with Gasteiger partial charge in [0.25, 0.3) is 0 Å². The summed E-state index contributed by atoms with van der Waals surface area (Å²) in [7, 11) is 1.28. The molecule has 3 rings (SSSR count). The van der Waals surface area contributed by atoms with Crippen LogP contribution in [0.2, 0.25) is 0 Å². The summed E-state index contributed by atoms with van der Waals surface area (Å²) in [6.45, 7) is 1.62. The van der Waals surface area contributed by atoms with Crippen LogP contribution in [0.15, 0.2) is 40.8 Å². The number of anilines is 3. The van der Waals surface area contributed by atoms with Crippen LogP contribution in [-0.4, -0.2) is 28.0 Å². The number of esters is 1. The van der Waals surface area contributed by atoms with Crippen molar-refractivity contribution < 1.29 is 13.9 Å². The number of allylic oxidation sites excluding steroid dienone is 1. The summed E-state index contributed by atoms with van der Waals surface area (Å²) in [6, 6.07) is 12.7. The predicted molar refractivity (Wildman–Crippen MR) is 102 cm³/mol. The van der Waals surface area contributed by atoms with Crippen LogP contribution >= 0.6 is 0 Å². The first kappa shape index (κ1) is 18.6. The van der Waals surface area contributed by atoms with Crippen molar-refractivity contribution in [2.24, 2.45) is 0 Å². The van der Waals surface area contributed by atoms with Gasteiger partial charge in [-0.1, -0.05) is 18.2 Å². The first-order valence-corrected chi connectivity index (χ1v) is 8.14. The largest absolute Gasteiger partial charge is 0.465 e. The molecule has 0 radical (unpaired) electrons. The number of nitriles is 1. The van der Waals surface area contributed by atoms with Gasteiger partial charge in [0.2, 0.25) is 11.9 Å². The number of benzene rings is 1. The molecule has 0 fully saturated rings. The van der Waals surface area contributed by atoms with Gasteiger partial charge in [0, 0.05) is 11.8 Å². The van der Waals surface area contributed by atoms with E-state index in [4.69, 9.17) is 14.9 Å². The van der Waals surface area contributed by atoms with E-state index in [-0.39, 0.29) is 34.6 Å². The molecule has 140 valence electrons. The monoisotopic (exact) mass is 376 g/mol. The lowest BCUT2D eigenvalue weighted by Gasteiger charge is -2.06. The number of aryl methyl sites for hydroxylation is 1. The minimum atomic E-state index is -0.529. The summed E-state index contributed by atoms with van der Waals surface area (Å²) < 4.78 is 10.2. The molecule has 9 heteroatoms. The summed E-state index contributed by atoms with van der Waals surface area (Å²) in [4.78, 5) is 24.0. The molecule has 2 aromatic heterocycles. The normalized spacial score (nSPS) is 11.0. The first-order valence-electron chi connectivity index (χ1n) is 8.14. The van der Waals surface area contributed by atoms with Crippen LogP contribution in [0.4, 0.5) is 17.6 Å². The summed E-state index contributed by atoms with van der Waals surface area (Å²) >= 11 is 0. The Bertz CT molecular complexity index is 1080. The molecule has 1 aromatic carbocycles. The Balaban J connectivity index is 1.95. The number of rotatable bonds is 5. The maximum Gasteiger partial charge on any atom is 0.341 e. The lowest BCUT2D eigenvalue weighted by molar-refractivity contribution is 0.0599. The van der Waals surface area contributed by atoms with E-state index in [1.54, 1.807) is 6.92 Å². The number of furan rings is 1. The van der Waals surface area contributed by atoms with Crippen LogP contribution < -0.4 is 11.1 Å². The highest BCUT2D eigenvalue weighted by Crippen LogP contribution is 2.22. The molecule has 0 spiro atoms. The maximum atomic E-state index is 11.7. The van der Waals surface area contributed by atoms with Crippen LogP contribution in [-0.2, 0) is 4.74 Å². The molecular formula is C19H16N6O3. The number of para-hydroxylation sites is 1. The third-order valence-corrected chi connectivity index (χ3v) is 3.67. The summed E-state index contributed by atoms with van der Waals surface area (Å²) in [5.74, 6) is 0.347. The number of methoxy groups -OCH3 is 1. The van der Waals surface area contributed by atoms with E-state index >= 15 is 0 Å². The van der Waals surface area contributed by atoms with Crippen molar-refractivity contribution in [3.63, 3.8) is 0 Å². The molecule has 0 saturated carbocycles. The van der Waals surface area contributed by atoms with Crippen molar-refractivity contribution in [1.29, 1.82) is 5.26 Å². The zero-order chi connectivity index (χ0) is 20.1. The maximum absolute atomic E-state index is 11.7. The number of hydrogen-bond donors (Lipinski definition) is 2. The van der Waals surface area contributed by atoms with Crippen molar-refractivity contribution in [2.45, 2.75) is 6.92 Å². The lowest BCUT2D eigenvalue weighted by atomic mass is 10.2. The predicted octanol–water partition coefficient (Wildman–Crippen LogP) is 2.95. The van der Waals surface area contributed by atoms with Gasteiger partial charge < -0.3 is 20.2 Å². The molecule has 28 heavy (non-hydrogen) atoms. The van der Waals surface area contributed by atoms with Crippen LogP contribution in [0.5, 0.6) is 0 Å². The minimum Gasteiger partial charge on any atom is -0.465 e. The van der Waals surface area contributed by atoms with Crippen molar-refractivity contribution in [3.8, 4) is 6.07 Å². The highest BCUT2D eigenvalue weighted by molar-refractivity contribution is 5.92. The van der Waals surface area contributed by atoms with Gasteiger partial charge in [-0.25, -0.2) is 4.79 Å². The quantitative estimate of drug-likeness (QED) is 0.508. The van der Waals surface area contributed by atoms with Gasteiger partial charge in [-0.3, -0.25) is 0 Å². The van der Waals surface area contributed by atoms with E-state index in [2.05, 4.69) is 20.3 Å². The highest BCUT2D eigenvalue weighted by atomic mass is 16.5. The third kappa shape index (κ3) is 4.13. The smallest absolute Gasteiger partial charge is 0.341 e. The number of nitrogen functional groups attached to an aromatic ring is 1. The Kier molecular flexibility index (Phi) is 5.32. The molecule has 0 bridgehead atoms. The first-order chi connectivity index (χ1) is 13.5. The summed E-state index contributed by atoms with van der Waals surface area (Å²) in [5.41, 5.74) is 6.88. The number of aromatic nitrogens is 3. The molecule has 0 atom stereocenters. The van der Waals surface area contributed by atoms with Gasteiger partial charge in [0.1, 0.15) is 28.7 Å². The van der Waals surface area contributed by atoms with Gasteiger partial charge in [0.15, 0.2) is 5.82 Å². The zero-order valence-corrected chi connectivity index (χ0v) is 15.1. The highest BCUT2D eigenvalue weighted by Gasteiger charge is 2.16.